The van der Waals surface area contributed by atoms with E-state index in [4.69, 9.17) is 4.74 Å². The van der Waals surface area contributed by atoms with Crippen LogP contribution in [0.1, 0.15) is 29.8 Å². The lowest BCUT2D eigenvalue weighted by molar-refractivity contribution is 0.0912. The molecule has 122 valence electrons. The predicted octanol–water partition coefficient (Wildman–Crippen LogP) is 1.28. The normalized spacial score (nSPS) is 14.6. The molecule has 1 aromatic carbocycles. The van der Waals surface area contributed by atoms with E-state index >= 15 is 0 Å². The Hall–Kier alpha value is -1.67. The van der Waals surface area contributed by atoms with E-state index in [1.54, 1.807) is 13.8 Å². The Morgan fingerprint density at radius 2 is 2.14 bits per heavy atom. The van der Waals surface area contributed by atoms with Crippen LogP contribution in [0.15, 0.2) is 12.1 Å². The molecule has 6 nitrogen and oxygen atoms in total. The van der Waals surface area contributed by atoms with Crippen LogP contribution in [-0.4, -0.2) is 39.3 Å². The minimum Gasteiger partial charge on any atom is -0.378 e. The first kappa shape index (κ1) is 16.7. The first-order valence-electron chi connectivity index (χ1n) is 7.02. The summed E-state index contributed by atoms with van der Waals surface area (Å²) in [6.45, 7) is 3.96. The lowest BCUT2D eigenvalue weighted by atomic mass is 9.99. The number of amides is 1. The smallest absolute Gasteiger partial charge is 0.251 e. The molecule has 2 N–H and O–H groups in total. The highest BCUT2D eigenvalue weighted by Crippen LogP contribution is 2.25. The van der Waals surface area contributed by atoms with Gasteiger partial charge in [-0.05, 0) is 32.4 Å². The highest BCUT2D eigenvalue weighted by atomic mass is 32.2. The summed E-state index contributed by atoms with van der Waals surface area (Å²) < 4.78 is 45.6. The van der Waals surface area contributed by atoms with Gasteiger partial charge in [-0.15, -0.1) is 0 Å². The van der Waals surface area contributed by atoms with E-state index in [1.165, 1.54) is 12.1 Å². The van der Waals surface area contributed by atoms with Gasteiger partial charge in [0.1, 0.15) is 0 Å². The van der Waals surface area contributed by atoms with E-state index in [2.05, 4.69) is 10.0 Å². The van der Waals surface area contributed by atoms with Crippen molar-refractivity contribution in [2.75, 3.05) is 23.6 Å². The molecule has 0 aliphatic carbocycles. The largest absolute Gasteiger partial charge is 0.378 e. The summed E-state index contributed by atoms with van der Waals surface area (Å²) in [5, 5.41) is 2.61. The minimum absolute atomic E-state index is 0.0297. The molecule has 0 atom stereocenters. The fraction of sp³-hybridized carbons (Fsp3) is 0.500. The molecule has 1 heterocycles. The number of benzene rings is 1. The van der Waals surface area contributed by atoms with Gasteiger partial charge in [0, 0.05) is 17.7 Å². The molecule has 0 fully saturated rings. The van der Waals surface area contributed by atoms with Crippen molar-refractivity contribution in [2.24, 2.45) is 0 Å². The summed E-state index contributed by atoms with van der Waals surface area (Å²) in [4.78, 5) is 11.6. The Labute approximate surface area is 129 Å². The van der Waals surface area contributed by atoms with E-state index in [-0.39, 0.29) is 41.2 Å². The number of carbonyl (C=O) groups excluding carboxylic acids is 1. The van der Waals surface area contributed by atoms with Crippen molar-refractivity contribution in [1.82, 2.24) is 5.32 Å². The topological polar surface area (TPSA) is 84.5 Å². The van der Waals surface area contributed by atoms with Gasteiger partial charge in [-0.25, -0.2) is 12.8 Å². The van der Waals surface area contributed by atoms with Crippen LogP contribution in [0.2, 0.25) is 0 Å². The number of halogens is 1. The second-order valence-electron chi connectivity index (χ2n) is 5.30. The fourth-order valence-electron chi connectivity index (χ4n) is 2.17. The summed E-state index contributed by atoms with van der Waals surface area (Å²) in [6.07, 6.45) is 0.257. The molecule has 22 heavy (non-hydrogen) atoms. The molecule has 0 bridgehead atoms. The summed E-state index contributed by atoms with van der Waals surface area (Å²) >= 11 is 0. The number of nitrogens with one attached hydrogen (secondary N) is 2. The third kappa shape index (κ3) is 3.95. The van der Waals surface area contributed by atoms with Crippen molar-refractivity contribution in [2.45, 2.75) is 26.4 Å². The van der Waals surface area contributed by atoms with Gasteiger partial charge in [0.2, 0.25) is 10.0 Å². The highest BCUT2D eigenvalue weighted by molar-refractivity contribution is 7.92. The van der Waals surface area contributed by atoms with Crippen molar-refractivity contribution in [1.29, 1.82) is 0 Å². The molecule has 1 aliphatic rings. The Bertz CT molecular complexity index is 674. The zero-order chi connectivity index (χ0) is 16.3. The quantitative estimate of drug-likeness (QED) is 0.823. The van der Waals surface area contributed by atoms with E-state index in [0.29, 0.717) is 13.0 Å². The maximum atomic E-state index is 14.4. The van der Waals surface area contributed by atoms with Gasteiger partial charge in [0.25, 0.3) is 5.91 Å². The number of hydrogen-bond donors (Lipinski definition) is 2. The van der Waals surface area contributed by atoms with Gasteiger partial charge in [0.05, 0.1) is 24.2 Å². The van der Waals surface area contributed by atoms with Crippen molar-refractivity contribution in [3.05, 3.63) is 29.1 Å². The summed E-state index contributed by atoms with van der Waals surface area (Å²) in [5.41, 5.74) is 0.343. The Kier molecular flexibility index (Phi) is 5.02. The molecule has 0 saturated carbocycles. The van der Waals surface area contributed by atoms with E-state index < -0.39 is 15.8 Å². The van der Waals surface area contributed by atoms with Crippen LogP contribution in [0.3, 0.4) is 0 Å². The summed E-state index contributed by atoms with van der Waals surface area (Å²) in [6, 6.07) is 2.69. The van der Waals surface area contributed by atoms with Crippen LogP contribution >= 0.6 is 0 Å². The molecule has 0 radical (unpaired) electrons. The van der Waals surface area contributed by atoms with Crippen molar-refractivity contribution in [3.8, 4) is 0 Å². The zero-order valence-electron chi connectivity index (χ0n) is 12.5. The van der Waals surface area contributed by atoms with Gasteiger partial charge in [-0.2, -0.15) is 0 Å². The second kappa shape index (κ2) is 6.62. The third-order valence-corrected chi connectivity index (χ3v) is 4.45. The fourth-order valence-corrected chi connectivity index (χ4v) is 3.08. The molecule has 1 amide bonds. The van der Waals surface area contributed by atoms with Gasteiger partial charge >= 0.3 is 0 Å². The van der Waals surface area contributed by atoms with Crippen LogP contribution in [0, 0.1) is 5.82 Å². The van der Waals surface area contributed by atoms with Gasteiger partial charge in [0.15, 0.2) is 5.82 Å². The lowest BCUT2D eigenvalue weighted by Gasteiger charge is -2.19. The molecule has 0 unspecified atom stereocenters. The first-order valence-corrected chi connectivity index (χ1v) is 8.67. The molecular weight excluding hydrogens is 311 g/mol. The maximum Gasteiger partial charge on any atom is 0.251 e. The van der Waals surface area contributed by atoms with Crippen molar-refractivity contribution in [3.63, 3.8) is 0 Å². The third-order valence-electron chi connectivity index (χ3n) is 3.22. The average molecular weight is 330 g/mol. The molecule has 1 aromatic rings. The highest BCUT2D eigenvalue weighted by Gasteiger charge is 2.23. The van der Waals surface area contributed by atoms with Crippen molar-refractivity contribution >= 4 is 21.6 Å². The standard InChI is InChI=1S/C14H19FN2O4S/c1-9(2)21-7-8-22(19,20)17-12-4-3-11-10(13(12)15)5-6-16-14(11)18/h3-4,9,17H,5-8H2,1-2H3,(H,16,18). The molecule has 0 saturated heterocycles. The van der Waals surface area contributed by atoms with E-state index in [9.17, 15) is 17.6 Å². The van der Waals surface area contributed by atoms with Crippen LogP contribution in [0.25, 0.3) is 0 Å². The number of fused-ring (bicyclic) bond motifs is 1. The zero-order valence-corrected chi connectivity index (χ0v) is 13.3. The number of rotatable bonds is 6. The van der Waals surface area contributed by atoms with Crippen LogP contribution in [-0.2, 0) is 21.2 Å². The second-order valence-corrected chi connectivity index (χ2v) is 7.14. The minimum atomic E-state index is -3.71. The Balaban J connectivity index is 2.15. The number of anilines is 1. The van der Waals surface area contributed by atoms with Gasteiger partial charge in [-0.3, -0.25) is 9.52 Å². The van der Waals surface area contributed by atoms with Gasteiger partial charge in [-0.1, -0.05) is 0 Å². The number of sulfonamides is 1. The first-order chi connectivity index (χ1) is 10.3. The van der Waals surface area contributed by atoms with E-state index in [0.717, 1.165) is 0 Å². The molecule has 0 aromatic heterocycles. The monoisotopic (exact) mass is 330 g/mol. The average Bonchev–Trinajstić information content (AvgIpc) is 2.42. The van der Waals surface area contributed by atoms with Gasteiger partial charge < -0.3 is 10.1 Å². The van der Waals surface area contributed by atoms with Crippen LogP contribution in [0.5, 0.6) is 0 Å². The molecular formula is C14H19FN2O4S. The van der Waals surface area contributed by atoms with Crippen molar-refractivity contribution < 1.29 is 22.3 Å². The molecule has 2 rings (SSSR count). The summed E-state index contributed by atoms with van der Waals surface area (Å²) in [7, 11) is -3.71. The number of carbonyl (C=O) groups is 1. The maximum absolute atomic E-state index is 14.4. The summed E-state index contributed by atoms with van der Waals surface area (Å²) in [5.74, 6) is -1.30. The molecule has 1 aliphatic heterocycles. The van der Waals surface area contributed by atoms with E-state index in [1.807, 2.05) is 0 Å². The lowest BCUT2D eigenvalue weighted by Crippen LogP contribution is -2.32. The SMILES string of the molecule is CC(C)OCCS(=O)(=O)Nc1ccc2c(c1F)CCNC2=O. The molecule has 8 heteroatoms. The number of ether oxygens (including phenoxy) is 1. The Morgan fingerprint density at radius 1 is 1.41 bits per heavy atom. The Morgan fingerprint density at radius 3 is 2.82 bits per heavy atom. The number of hydrogen-bond acceptors (Lipinski definition) is 4. The van der Waals surface area contributed by atoms with Crippen LogP contribution in [0.4, 0.5) is 10.1 Å². The molecule has 0 spiro atoms. The van der Waals surface area contributed by atoms with Crippen LogP contribution < -0.4 is 10.0 Å². The predicted molar refractivity (Wildman–Crippen MR) is 80.9 cm³/mol.